The molecule has 6 rings (SSSR count). The van der Waals surface area contributed by atoms with E-state index in [2.05, 4.69) is 48.5 Å². The second-order valence-electron chi connectivity index (χ2n) is 9.94. The molecule has 0 N–H and O–H groups in total. The lowest BCUT2D eigenvalue weighted by atomic mass is 9.91. The molecule has 42 heavy (non-hydrogen) atoms. The van der Waals surface area contributed by atoms with E-state index in [9.17, 15) is 0 Å². The summed E-state index contributed by atoms with van der Waals surface area (Å²) in [6.45, 7) is 0.938. The largest absolute Gasteiger partial charge is 0.496 e. The van der Waals surface area contributed by atoms with Crippen molar-refractivity contribution in [3.8, 4) is 39.9 Å². The van der Waals surface area contributed by atoms with Crippen LogP contribution in [0.5, 0.6) is 28.7 Å². The van der Waals surface area contributed by atoms with Gasteiger partial charge in [0.2, 0.25) is 0 Å². The number of benzene rings is 6. The fourth-order valence-electron chi connectivity index (χ4n) is 5.30. The first kappa shape index (κ1) is 27.0. The molecule has 0 spiro atoms. The lowest BCUT2D eigenvalue weighted by Crippen LogP contribution is -1.99. The Morgan fingerprint density at radius 3 is 1.52 bits per heavy atom. The van der Waals surface area contributed by atoms with E-state index >= 15 is 0 Å². The molecule has 6 aromatic rings. The summed E-state index contributed by atoms with van der Waals surface area (Å²) in [7, 11) is 5.00. The number of methoxy groups -OCH3 is 3. The molecule has 0 fully saturated rings. The Morgan fingerprint density at radius 1 is 0.452 bits per heavy atom. The van der Waals surface area contributed by atoms with Crippen molar-refractivity contribution >= 4 is 21.5 Å². The minimum Gasteiger partial charge on any atom is -0.496 e. The van der Waals surface area contributed by atoms with Crippen molar-refractivity contribution in [1.82, 2.24) is 0 Å². The molecule has 0 saturated carbocycles. The van der Waals surface area contributed by atoms with Crippen LogP contribution in [0.25, 0.3) is 32.7 Å². The highest BCUT2D eigenvalue weighted by molar-refractivity contribution is 6.11. The maximum Gasteiger partial charge on any atom is 0.169 e. The van der Waals surface area contributed by atoms with Gasteiger partial charge in [0.25, 0.3) is 0 Å². The van der Waals surface area contributed by atoms with Crippen LogP contribution in [0.3, 0.4) is 0 Å². The average molecular weight is 557 g/mol. The Kier molecular flexibility index (Phi) is 7.82. The molecule has 0 atom stereocenters. The van der Waals surface area contributed by atoms with Gasteiger partial charge in [-0.25, -0.2) is 0 Å². The van der Waals surface area contributed by atoms with Gasteiger partial charge in [-0.3, -0.25) is 0 Å². The molecule has 0 saturated heterocycles. The molecule has 5 nitrogen and oxygen atoms in total. The van der Waals surface area contributed by atoms with Crippen LogP contribution in [0.2, 0.25) is 0 Å². The zero-order valence-electron chi connectivity index (χ0n) is 23.9. The first-order valence-electron chi connectivity index (χ1n) is 13.8. The summed E-state index contributed by atoms with van der Waals surface area (Å²) >= 11 is 0. The number of fused-ring (bicyclic) bond motifs is 2. The van der Waals surface area contributed by atoms with Gasteiger partial charge in [-0.15, -0.1) is 0 Å². The molecule has 0 aromatic heterocycles. The van der Waals surface area contributed by atoms with Crippen LogP contribution in [0.4, 0.5) is 0 Å². The number of hydrogen-bond donors (Lipinski definition) is 0. The maximum atomic E-state index is 6.23. The van der Waals surface area contributed by atoms with E-state index in [1.807, 2.05) is 66.7 Å². The van der Waals surface area contributed by atoms with Crippen LogP contribution in [0, 0.1) is 0 Å². The lowest BCUT2D eigenvalue weighted by molar-refractivity contribution is 0.306. The zero-order chi connectivity index (χ0) is 28.9. The van der Waals surface area contributed by atoms with Gasteiger partial charge in [0.05, 0.1) is 21.3 Å². The molecule has 0 unspecified atom stereocenters. The summed E-state index contributed by atoms with van der Waals surface area (Å²) in [5, 5.41) is 3.97. The average Bonchev–Trinajstić information content (AvgIpc) is 3.05. The normalized spacial score (nSPS) is 10.9. The molecule has 0 bridgehead atoms. The van der Waals surface area contributed by atoms with Crippen molar-refractivity contribution in [2.75, 3.05) is 21.3 Å². The highest BCUT2D eigenvalue weighted by Crippen LogP contribution is 2.50. The van der Waals surface area contributed by atoms with Crippen LogP contribution >= 0.6 is 0 Å². The molecule has 0 radical (unpaired) electrons. The van der Waals surface area contributed by atoms with Gasteiger partial charge < -0.3 is 23.7 Å². The molecular weight excluding hydrogens is 524 g/mol. The lowest BCUT2D eigenvalue weighted by Gasteiger charge is -2.20. The molecule has 210 valence electrons. The van der Waals surface area contributed by atoms with Crippen molar-refractivity contribution in [3.05, 3.63) is 126 Å². The van der Waals surface area contributed by atoms with Gasteiger partial charge in [0.1, 0.15) is 30.5 Å². The van der Waals surface area contributed by atoms with E-state index in [0.717, 1.165) is 55.3 Å². The van der Waals surface area contributed by atoms with Crippen LogP contribution < -0.4 is 23.7 Å². The highest BCUT2D eigenvalue weighted by Gasteiger charge is 2.23. The van der Waals surface area contributed by atoms with Crippen molar-refractivity contribution in [2.45, 2.75) is 13.2 Å². The van der Waals surface area contributed by atoms with E-state index in [4.69, 9.17) is 23.7 Å². The van der Waals surface area contributed by atoms with Crippen molar-refractivity contribution in [1.29, 1.82) is 0 Å². The second-order valence-corrected chi connectivity index (χ2v) is 9.94. The van der Waals surface area contributed by atoms with Crippen LogP contribution in [-0.2, 0) is 13.2 Å². The van der Waals surface area contributed by atoms with Gasteiger partial charge in [-0.2, -0.15) is 0 Å². The molecule has 0 heterocycles. The Hall–Kier alpha value is -5.16. The van der Waals surface area contributed by atoms with Gasteiger partial charge in [0.15, 0.2) is 11.5 Å². The molecular formula is C37H32O5. The monoisotopic (exact) mass is 556 g/mol. The Bertz CT molecular complexity index is 1830. The third kappa shape index (κ3) is 5.41. The Labute approximate surface area is 245 Å². The topological polar surface area (TPSA) is 46.2 Å². The first-order valence-corrected chi connectivity index (χ1v) is 13.8. The van der Waals surface area contributed by atoms with Crippen LogP contribution in [0.1, 0.15) is 11.1 Å². The van der Waals surface area contributed by atoms with E-state index < -0.39 is 0 Å². The zero-order valence-corrected chi connectivity index (χ0v) is 23.9. The summed E-state index contributed by atoms with van der Waals surface area (Å²) in [4.78, 5) is 0. The number of ether oxygens (including phenoxy) is 5. The molecule has 0 aliphatic carbocycles. The summed E-state index contributed by atoms with van der Waals surface area (Å²) in [5.74, 6) is 3.48. The van der Waals surface area contributed by atoms with E-state index in [1.165, 1.54) is 0 Å². The summed E-state index contributed by atoms with van der Waals surface area (Å²) in [6.07, 6.45) is 0. The molecule has 0 amide bonds. The maximum absolute atomic E-state index is 6.23. The Balaban J connectivity index is 1.52. The smallest absolute Gasteiger partial charge is 0.169 e. The van der Waals surface area contributed by atoms with E-state index in [0.29, 0.717) is 30.5 Å². The second kappa shape index (κ2) is 12.1. The predicted molar refractivity (Wildman–Crippen MR) is 168 cm³/mol. The summed E-state index contributed by atoms with van der Waals surface area (Å²) in [5.41, 5.74) is 3.96. The van der Waals surface area contributed by atoms with Gasteiger partial charge >= 0.3 is 0 Å². The molecule has 0 aliphatic heterocycles. The summed E-state index contributed by atoms with van der Waals surface area (Å²) < 4.78 is 30.3. The number of hydrogen-bond acceptors (Lipinski definition) is 5. The minimum absolute atomic E-state index is 0.467. The fourth-order valence-corrected chi connectivity index (χ4v) is 5.30. The predicted octanol–water partition coefficient (Wildman–Crippen LogP) is 8.84. The minimum atomic E-state index is 0.467. The third-order valence-electron chi connectivity index (χ3n) is 7.38. The Morgan fingerprint density at radius 2 is 0.976 bits per heavy atom. The van der Waals surface area contributed by atoms with Gasteiger partial charge in [-0.1, -0.05) is 78.9 Å². The standard InChI is InChI=1S/C37H32O5/c1-38-33-19-16-27-14-17-29(41-23-25-10-6-4-7-11-25)21-31(27)35(33)36-32-22-30(42-24-26-12-8-5-9-13-26)18-15-28(32)20-34(39-2)37(36)40-3/h4-22H,23-24H2,1-3H3. The van der Waals surface area contributed by atoms with Crippen LogP contribution in [-0.4, -0.2) is 21.3 Å². The highest BCUT2D eigenvalue weighted by atomic mass is 16.5. The van der Waals surface area contributed by atoms with Gasteiger partial charge in [-0.05, 0) is 69.1 Å². The molecule has 0 aliphatic rings. The van der Waals surface area contributed by atoms with E-state index in [1.54, 1.807) is 21.3 Å². The third-order valence-corrected chi connectivity index (χ3v) is 7.38. The van der Waals surface area contributed by atoms with Crippen LogP contribution in [0.15, 0.2) is 115 Å². The van der Waals surface area contributed by atoms with Gasteiger partial charge in [0, 0.05) is 11.1 Å². The molecule has 5 heteroatoms. The first-order chi connectivity index (χ1) is 20.7. The van der Waals surface area contributed by atoms with Crippen molar-refractivity contribution in [3.63, 3.8) is 0 Å². The van der Waals surface area contributed by atoms with Crippen molar-refractivity contribution < 1.29 is 23.7 Å². The quantitative estimate of drug-likeness (QED) is 0.169. The fraction of sp³-hybridized carbons (Fsp3) is 0.135. The number of rotatable bonds is 10. The van der Waals surface area contributed by atoms with E-state index in [-0.39, 0.29) is 0 Å². The SMILES string of the molecule is COc1cc2ccc(OCc3ccccc3)cc2c(-c2c(OC)ccc3ccc(OCc4ccccc4)cc23)c1OC. The van der Waals surface area contributed by atoms with Crippen molar-refractivity contribution in [2.24, 2.45) is 0 Å². The summed E-state index contributed by atoms with van der Waals surface area (Å²) in [6, 6.07) is 38.5. The molecule has 6 aromatic carbocycles.